The highest BCUT2D eigenvalue weighted by atomic mass is 127. The second-order valence-corrected chi connectivity index (χ2v) is 6.54. The van der Waals surface area contributed by atoms with Crippen molar-refractivity contribution in [2.24, 2.45) is 16.6 Å². The van der Waals surface area contributed by atoms with Crippen LogP contribution in [0.5, 0.6) is 0 Å². The summed E-state index contributed by atoms with van der Waals surface area (Å²) in [5, 5.41) is 3.31. The number of hydrogen-bond acceptors (Lipinski definition) is 2. The van der Waals surface area contributed by atoms with Crippen LogP contribution >= 0.6 is 24.0 Å². The maximum absolute atomic E-state index is 6.02. The molecule has 1 aliphatic heterocycles. The first kappa shape index (κ1) is 18.5. The molecule has 1 aromatic rings. The SMILES string of the molecule is CCN1CCCC1CNC(N)=NCC1CC1c1ccccc1.I. The van der Waals surface area contributed by atoms with Gasteiger partial charge in [0.1, 0.15) is 0 Å². The Bertz CT molecular complexity index is 505. The summed E-state index contributed by atoms with van der Waals surface area (Å²) in [6, 6.07) is 11.4. The third-order valence-corrected chi connectivity index (χ3v) is 5.07. The molecule has 2 aliphatic rings. The van der Waals surface area contributed by atoms with E-state index in [-0.39, 0.29) is 24.0 Å². The molecular formula is C18H29IN4. The van der Waals surface area contributed by atoms with Crippen molar-refractivity contribution in [3.05, 3.63) is 35.9 Å². The first-order chi connectivity index (χ1) is 10.8. The number of hydrogen-bond donors (Lipinski definition) is 2. The number of rotatable bonds is 6. The van der Waals surface area contributed by atoms with Crippen LogP contribution in [0.4, 0.5) is 0 Å². The van der Waals surface area contributed by atoms with Crippen molar-refractivity contribution in [2.75, 3.05) is 26.2 Å². The molecule has 2 fully saturated rings. The smallest absolute Gasteiger partial charge is 0.188 e. The van der Waals surface area contributed by atoms with Crippen molar-refractivity contribution in [1.29, 1.82) is 0 Å². The van der Waals surface area contributed by atoms with Crippen LogP contribution in [0.3, 0.4) is 0 Å². The van der Waals surface area contributed by atoms with Crippen molar-refractivity contribution >= 4 is 29.9 Å². The molecule has 0 spiro atoms. The van der Waals surface area contributed by atoms with E-state index in [0.29, 0.717) is 23.8 Å². The summed E-state index contributed by atoms with van der Waals surface area (Å²) < 4.78 is 0. The first-order valence-electron chi connectivity index (χ1n) is 8.60. The predicted octanol–water partition coefficient (Wildman–Crippen LogP) is 2.80. The Morgan fingerprint density at radius 2 is 2.13 bits per heavy atom. The molecule has 1 saturated carbocycles. The van der Waals surface area contributed by atoms with Gasteiger partial charge in [-0.3, -0.25) is 9.89 Å². The molecule has 3 atom stereocenters. The Balaban J connectivity index is 0.00000192. The highest BCUT2D eigenvalue weighted by molar-refractivity contribution is 14.0. The lowest BCUT2D eigenvalue weighted by Gasteiger charge is -2.23. The van der Waals surface area contributed by atoms with Crippen molar-refractivity contribution in [3.8, 4) is 0 Å². The lowest BCUT2D eigenvalue weighted by molar-refractivity contribution is 0.267. The number of guanidine groups is 1. The van der Waals surface area contributed by atoms with Gasteiger partial charge >= 0.3 is 0 Å². The predicted molar refractivity (Wildman–Crippen MR) is 107 cm³/mol. The molecule has 3 rings (SSSR count). The first-order valence-corrected chi connectivity index (χ1v) is 8.60. The Morgan fingerprint density at radius 3 is 2.87 bits per heavy atom. The molecule has 0 amide bonds. The Morgan fingerprint density at radius 1 is 1.35 bits per heavy atom. The Labute approximate surface area is 156 Å². The summed E-state index contributed by atoms with van der Waals surface area (Å²) in [4.78, 5) is 7.06. The van der Waals surface area contributed by atoms with E-state index in [9.17, 15) is 0 Å². The van der Waals surface area contributed by atoms with E-state index in [2.05, 4.69) is 52.5 Å². The van der Waals surface area contributed by atoms with Crippen LogP contribution in [0, 0.1) is 5.92 Å². The van der Waals surface area contributed by atoms with Gasteiger partial charge in [0.25, 0.3) is 0 Å². The second kappa shape index (κ2) is 8.87. The number of aliphatic imine (C=N–C) groups is 1. The minimum atomic E-state index is 0. The quantitative estimate of drug-likeness (QED) is 0.416. The lowest BCUT2D eigenvalue weighted by Crippen LogP contribution is -2.42. The Hall–Kier alpha value is -0.820. The summed E-state index contributed by atoms with van der Waals surface area (Å²) in [6.07, 6.45) is 3.82. The lowest BCUT2D eigenvalue weighted by atomic mass is 10.1. The van der Waals surface area contributed by atoms with Gasteiger partial charge in [0, 0.05) is 19.1 Å². The molecule has 5 heteroatoms. The van der Waals surface area contributed by atoms with Gasteiger partial charge in [0.05, 0.1) is 0 Å². The van der Waals surface area contributed by atoms with Crippen molar-refractivity contribution in [2.45, 2.75) is 38.1 Å². The van der Waals surface area contributed by atoms with Gasteiger partial charge in [0.15, 0.2) is 5.96 Å². The van der Waals surface area contributed by atoms with Gasteiger partial charge in [-0.05, 0) is 49.8 Å². The molecular weight excluding hydrogens is 399 g/mol. The van der Waals surface area contributed by atoms with Gasteiger partial charge < -0.3 is 11.1 Å². The molecule has 1 saturated heterocycles. The average molecular weight is 428 g/mol. The van der Waals surface area contributed by atoms with Crippen LogP contribution in [0.2, 0.25) is 0 Å². The van der Waals surface area contributed by atoms with E-state index >= 15 is 0 Å². The van der Waals surface area contributed by atoms with Crippen LogP contribution in [0.15, 0.2) is 35.3 Å². The summed E-state index contributed by atoms with van der Waals surface area (Å²) in [5.41, 5.74) is 7.46. The molecule has 3 N–H and O–H groups in total. The van der Waals surface area contributed by atoms with Gasteiger partial charge in [-0.25, -0.2) is 0 Å². The third-order valence-electron chi connectivity index (χ3n) is 5.07. The topological polar surface area (TPSA) is 53.6 Å². The average Bonchev–Trinajstić information content (AvgIpc) is 3.20. The largest absolute Gasteiger partial charge is 0.370 e. The number of likely N-dealkylation sites (N-methyl/N-ethyl adjacent to an activating group) is 1. The molecule has 0 aromatic heterocycles. The second-order valence-electron chi connectivity index (χ2n) is 6.54. The number of likely N-dealkylation sites (tertiary alicyclic amines) is 1. The van der Waals surface area contributed by atoms with Crippen LogP contribution in [-0.4, -0.2) is 43.1 Å². The molecule has 0 radical (unpaired) electrons. The zero-order valence-corrected chi connectivity index (χ0v) is 16.3. The van der Waals surface area contributed by atoms with E-state index in [1.165, 1.54) is 31.4 Å². The Kier molecular flexibility index (Phi) is 7.14. The van der Waals surface area contributed by atoms with Crippen molar-refractivity contribution in [3.63, 3.8) is 0 Å². The van der Waals surface area contributed by atoms with Crippen LogP contribution in [0.1, 0.15) is 37.7 Å². The molecule has 1 aromatic carbocycles. The molecule has 3 unspecified atom stereocenters. The minimum Gasteiger partial charge on any atom is -0.370 e. The van der Waals surface area contributed by atoms with Crippen LogP contribution in [-0.2, 0) is 0 Å². The van der Waals surface area contributed by atoms with Gasteiger partial charge in [-0.15, -0.1) is 24.0 Å². The van der Waals surface area contributed by atoms with Gasteiger partial charge in [-0.1, -0.05) is 37.3 Å². The van der Waals surface area contributed by atoms with E-state index in [4.69, 9.17) is 5.73 Å². The molecule has 23 heavy (non-hydrogen) atoms. The number of nitrogens with one attached hydrogen (secondary N) is 1. The minimum absolute atomic E-state index is 0. The molecule has 128 valence electrons. The number of nitrogens with zero attached hydrogens (tertiary/aromatic N) is 2. The monoisotopic (exact) mass is 428 g/mol. The summed E-state index contributed by atoms with van der Waals surface area (Å²) >= 11 is 0. The van der Waals surface area contributed by atoms with Crippen LogP contribution in [0.25, 0.3) is 0 Å². The van der Waals surface area contributed by atoms with E-state index in [1.54, 1.807) is 0 Å². The fourth-order valence-corrected chi connectivity index (χ4v) is 3.59. The molecule has 1 aliphatic carbocycles. The van der Waals surface area contributed by atoms with Crippen molar-refractivity contribution < 1.29 is 0 Å². The van der Waals surface area contributed by atoms with E-state index in [1.807, 2.05) is 0 Å². The summed E-state index contributed by atoms with van der Waals surface area (Å²) in [6.45, 7) is 6.36. The summed E-state index contributed by atoms with van der Waals surface area (Å²) in [7, 11) is 0. The zero-order chi connectivity index (χ0) is 15.4. The number of nitrogens with two attached hydrogens (primary N) is 1. The highest BCUT2D eigenvalue weighted by Gasteiger charge is 2.37. The van der Waals surface area contributed by atoms with E-state index in [0.717, 1.165) is 19.6 Å². The molecule has 4 nitrogen and oxygen atoms in total. The zero-order valence-electron chi connectivity index (χ0n) is 13.9. The number of benzene rings is 1. The van der Waals surface area contributed by atoms with Crippen molar-refractivity contribution in [1.82, 2.24) is 10.2 Å². The van der Waals surface area contributed by atoms with Gasteiger partial charge in [0.2, 0.25) is 0 Å². The summed E-state index contributed by atoms with van der Waals surface area (Å²) in [5.74, 6) is 1.96. The normalized spacial score (nSPS) is 27.5. The number of halogens is 1. The van der Waals surface area contributed by atoms with Gasteiger partial charge in [-0.2, -0.15) is 0 Å². The van der Waals surface area contributed by atoms with Crippen LogP contribution < -0.4 is 11.1 Å². The fraction of sp³-hybridized carbons (Fsp3) is 0.611. The standard InChI is InChI=1S/C18H28N4.HI/c1-2-22-10-6-9-16(22)13-21-18(19)20-12-15-11-17(15)14-7-4-3-5-8-14;/h3-5,7-8,15-17H,2,6,9-13H2,1H3,(H3,19,20,21);1H. The maximum Gasteiger partial charge on any atom is 0.188 e. The molecule has 1 heterocycles. The molecule has 0 bridgehead atoms. The third kappa shape index (κ3) is 5.08. The maximum atomic E-state index is 6.02. The fourth-order valence-electron chi connectivity index (χ4n) is 3.59. The highest BCUT2D eigenvalue weighted by Crippen LogP contribution is 2.47. The van der Waals surface area contributed by atoms with E-state index < -0.39 is 0 Å².